The second kappa shape index (κ2) is 13.7. The van der Waals surface area contributed by atoms with Gasteiger partial charge in [-0.05, 0) is 80.2 Å². The number of amides is 1. The lowest BCUT2D eigenvalue weighted by atomic mass is 9.94. The molecular formula is C32H47N3O4S. The molecule has 2 aromatic rings. The summed E-state index contributed by atoms with van der Waals surface area (Å²) in [5.41, 5.74) is 3.39. The van der Waals surface area contributed by atoms with Crippen molar-refractivity contribution < 1.29 is 19.0 Å². The average Bonchev–Trinajstić information content (AvgIpc) is 3.51. The van der Waals surface area contributed by atoms with Crippen LogP contribution in [0, 0.1) is 0 Å². The number of aliphatic hydroxyl groups is 1. The first-order valence-corrected chi connectivity index (χ1v) is 17.0. The molecular weight excluding hydrogens is 522 g/mol. The lowest BCUT2D eigenvalue weighted by Gasteiger charge is -2.47. The Labute approximate surface area is 241 Å². The van der Waals surface area contributed by atoms with E-state index in [2.05, 4.69) is 16.7 Å². The van der Waals surface area contributed by atoms with E-state index in [1.165, 1.54) is 32.1 Å². The number of benzene rings is 2. The highest BCUT2D eigenvalue weighted by Gasteiger charge is 2.30. The summed E-state index contributed by atoms with van der Waals surface area (Å²) in [5, 5.41) is 18.0. The first-order valence-electron chi connectivity index (χ1n) is 15.3. The molecule has 5 N–H and O–H groups in total. The number of rotatable bonds is 10. The largest absolute Gasteiger partial charge is 0.390 e. The van der Waals surface area contributed by atoms with Crippen LogP contribution in [-0.2, 0) is 6.42 Å². The van der Waals surface area contributed by atoms with Crippen molar-refractivity contribution in [3.63, 3.8) is 0 Å². The van der Waals surface area contributed by atoms with Gasteiger partial charge >= 0.3 is 0 Å². The molecule has 2 aromatic carbocycles. The molecule has 1 amide bonds. The lowest BCUT2D eigenvalue weighted by molar-refractivity contribution is 0.0821. The maximum absolute atomic E-state index is 13.8. The Bertz CT molecular complexity index is 1100. The molecule has 1 saturated heterocycles. The molecule has 3 fully saturated rings. The predicted molar refractivity (Wildman–Crippen MR) is 164 cm³/mol. The van der Waals surface area contributed by atoms with Gasteiger partial charge in [-0.1, -0.05) is 62.4 Å². The van der Waals surface area contributed by atoms with E-state index in [0.29, 0.717) is 48.5 Å². The molecule has 1 aliphatic heterocycles. The highest BCUT2D eigenvalue weighted by molar-refractivity contribution is 8.25. The topological polar surface area (TPSA) is 105 Å². The predicted octanol–water partition coefficient (Wildman–Crippen LogP) is 6.23. The van der Waals surface area contributed by atoms with Gasteiger partial charge in [0.2, 0.25) is 0 Å². The van der Waals surface area contributed by atoms with Crippen molar-refractivity contribution in [2.24, 2.45) is 0 Å². The van der Waals surface area contributed by atoms with Crippen LogP contribution in [0.3, 0.4) is 0 Å². The zero-order valence-electron chi connectivity index (χ0n) is 23.6. The van der Waals surface area contributed by atoms with Crippen molar-refractivity contribution in [2.45, 2.75) is 101 Å². The van der Waals surface area contributed by atoms with E-state index in [-0.39, 0.29) is 5.91 Å². The molecule has 2 atom stereocenters. The van der Waals surface area contributed by atoms with Crippen molar-refractivity contribution in [1.29, 1.82) is 0 Å². The average molecular weight is 570 g/mol. The zero-order valence-corrected chi connectivity index (χ0v) is 24.5. The van der Waals surface area contributed by atoms with Gasteiger partial charge in [0.15, 0.2) is 0 Å². The van der Waals surface area contributed by atoms with E-state index in [0.717, 1.165) is 49.7 Å². The van der Waals surface area contributed by atoms with Gasteiger partial charge < -0.3 is 15.7 Å². The van der Waals surface area contributed by atoms with E-state index in [9.17, 15) is 19.0 Å². The van der Waals surface area contributed by atoms with Crippen LogP contribution in [0.1, 0.15) is 98.0 Å². The first kappa shape index (κ1) is 29.4. The SMILES string of the molecule is O=C(N[C@@H](Cc1ccccc1)[C@@H](O)CNC1CCCCC1)c1cc(C2CCCC2)cc(N2CCCCS2(O)O)c1. The normalized spacial score (nSPS) is 22.5. The Morgan fingerprint density at radius 1 is 0.925 bits per heavy atom. The molecule has 1 heterocycles. The molecule has 2 aliphatic carbocycles. The van der Waals surface area contributed by atoms with Gasteiger partial charge in [0.25, 0.3) is 5.91 Å². The van der Waals surface area contributed by atoms with Crippen molar-refractivity contribution >= 4 is 22.4 Å². The Kier molecular flexibility index (Phi) is 10.1. The number of nitrogens with one attached hydrogen (secondary N) is 2. The Morgan fingerprint density at radius 2 is 1.65 bits per heavy atom. The molecule has 40 heavy (non-hydrogen) atoms. The number of carbonyl (C=O) groups is 1. The highest BCUT2D eigenvalue weighted by Crippen LogP contribution is 2.50. The maximum Gasteiger partial charge on any atom is 0.251 e. The van der Waals surface area contributed by atoms with E-state index >= 15 is 0 Å². The molecule has 220 valence electrons. The third-order valence-corrected chi connectivity index (χ3v) is 10.9. The van der Waals surface area contributed by atoms with E-state index in [1.54, 1.807) is 10.4 Å². The van der Waals surface area contributed by atoms with Crippen molar-refractivity contribution in [1.82, 2.24) is 10.6 Å². The molecule has 0 aromatic heterocycles. The van der Waals surface area contributed by atoms with Gasteiger partial charge in [-0.15, -0.1) is 10.8 Å². The fourth-order valence-electron chi connectivity index (χ4n) is 6.65. The van der Waals surface area contributed by atoms with Crippen LogP contribution in [0.5, 0.6) is 0 Å². The molecule has 5 rings (SSSR count). The number of anilines is 1. The smallest absolute Gasteiger partial charge is 0.251 e. The van der Waals surface area contributed by atoms with Crippen LogP contribution in [0.2, 0.25) is 0 Å². The third kappa shape index (κ3) is 7.59. The summed E-state index contributed by atoms with van der Waals surface area (Å²) in [6.07, 6.45) is 12.0. The second-order valence-corrected chi connectivity index (χ2v) is 14.1. The Morgan fingerprint density at radius 3 is 2.38 bits per heavy atom. The van der Waals surface area contributed by atoms with Gasteiger partial charge in [-0.3, -0.25) is 18.2 Å². The summed E-state index contributed by atoms with van der Waals surface area (Å²) in [5.74, 6) is 0.511. The minimum atomic E-state index is -2.90. The van der Waals surface area contributed by atoms with E-state index in [1.807, 2.05) is 36.4 Å². The monoisotopic (exact) mass is 569 g/mol. The summed E-state index contributed by atoms with van der Waals surface area (Å²) in [4.78, 5) is 13.8. The summed E-state index contributed by atoms with van der Waals surface area (Å²) in [7, 11) is -2.90. The maximum atomic E-state index is 13.8. The second-order valence-electron chi connectivity index (χ2n) is 12.0. The number of hydrogen-bond acceptors (Lipinski definition) is 6. The minimum absolute atomic E-state index is 0.229. The summed E-state index contributed by atoms with van der Waals surface area (Å²) < 4.78 is 23.4. The number of nitrogens with zero attached hydrogens (tertiary/aromatic N) is 1. The first-order chi connectivity index (χ1) is 19.4. The number of hydrogen-bond donors (Lipinski definition) is 5. The highest BCUT2D eigenvalue weighted by atomic mass is 32.3. The fourth-order valence-corrected chi connectivity index (χ4v) is 8.33. The van der Waals surface area contributed by atoms with Crippen LogP contribution < -0.4 is 14.9 Å². The molecule has 0 bridgehead atoms. The number of carbonyl (C=O) groups excluding carboxylic acids is 1. The standard InChI is InChI=1S/C32H47N3O4S/c36-31(23-33-28-15-5-2-6-16-28)30(19-24-11-3-1-4-12-24)34-32(37)27-20-26(25-13-7-8-14-25)21-29(22-27)35-17-9-10-18-40(35,38)39/h1,3-4,11-12,20-22,25,28,30-31,33,36,38-39H,2,5-10,13-19,23H2,(H,34,37)/t30-,31-/m0/s1. The van der Waals surface area contributed by atoms with Crippen LogP contribution in [0.25, 0.3) is 0 Å². The molecule has 3 aliphatic rings. The minimum Gasteiger partial charge on any atom is -0.390 e. The molecule has 7 nitrogen and oxygen atoms in total. The van der Waals surface area contributed by atoms with Gasteiger partial charge in [-0.2, -0.15) is 0 Å². The van der Waals surface area contributed by atoms with Crippen LogP contribution in [0.4, 0.5) is 5.69 Å². The van der Waals surface area contributed by atoms with Gasteiger partial charge in [0, 0.05) is 24.7 Å². The lowest BCUT2D eigenvalue weighted by Crippen LogP contribution is -2.50. The summed E-state index contributed by atoms with van der Waals surface area (Å²) >= 11 is 0. The molecule has 2 saturated carbocycles. The quantitative estimate of drug-likeness (QED) is 0.232. The number of aliphatic hydroxyl groups excluding tert-OH is 1. The van der Waals surface area contributed by atoms with Crippen LogP contribution >= 0.6 is 10.8 Å². The van der Waals surface area contributed by atoms with Gasteiger partial charge in [0.05, 0.1) is 23.6 Å². The van der Waals surface area contributed by atoms with Crippen molar-refractivity contribution in [2.75, 3.05) is 23.1 Å². The molecule has 0 unspecified atom stereocenters. The van der Waals surface area contributed by atoms with Crippen molar-refractivity contribution in [3.05, 3.63) is 65.2 Å². The fraction of sp³-hybridized carbons (Fsp3) is 0.594. The summed E-state index contributed by atoms with van der Waals surface area (Å²) in [6.45, 7) is 1.00. The third-order valence-electron chi connectivity index (χ3n) is 9.00. The van der Waals surface area contributed by atoms with Crippen LogP contribution in [0.15, 0.2) is 48.5 Å². The van der Waals surface area contributed by atoms with Gasteiger partial charge in [0.1, 0.15) is 0 Å². The molecule has 0 radical (unpaired) electrons. The van der Waals surface area contributed by atoms with Gasteiger partial charge in [-0.25, -0.2) is 0 Å². The zero-order chi connectivity index (χ0) is 28.0. The Hall–Kier alpha value is -2.10. The van der Waals surface area contributed by atoms with E-state index in [4.69, 9.17) is 0 Å². The van der Waals surface area contributed by atoms with Crippen molar-refractivity contribution in [3.8, 4) is 0 Å². The summed E-state index contributed by atoms with van der Waals surface area (Å²) in [6, 6.07) is 15.8. The molecule has 0 spiro atoms. The Balaban J connectivity index is 1.37. The molecule has 8 heteroatoms. The van der Waals surface area contributed by atoms with E-state index < -0.39 is 22.9 Å². The van der Waals surface area contributed by atoms with Crippen LogP contribution in [-0.4, -0.2) is 57.1 Å².